The molecular weight excluding hydrogens is 356 g/mol. The van der Waals surface area contributed by atoms with Crippen LogP contribution in [0.1, 0.15) is 63.2 Å². The zero-order valence-electron chi connectivity index (χ0n) is 16.9. The van der Waals surface area contributed by atoms with Crippen LogP contribution in [0.25, 0.3) is 0 Å². The fraction of sp³-hybridized carbons (Fsp3) is 0.591. The molecule has 0 bridgehead atoms. The molecule has 1 heterocycles. The van der Waals surface area contributed by atoms with Crippen LogP contribution in [0.2, 0.25) is 0 Å². The van der Waals surface area contributed by atoms with Crippen LogP contribution in [0.5, 0.6) is 0 Å². The molecule has 1 aliphatic carbocycles. The number of nitrogens with zero attached hydrogens (tertiary/aromatic N) is 1. The van der Waals surface area contributed by atoms with E-state index < -0.39 is 12.1 Å². The molecule has 1 N–H and O–H groups in total. The second-order valence-electron chi connectivity index (χ2n) is 8.10. The summed E-state index contributed by atoms with van der Waals surface area (Å²) >= 11 is 0. The van der Waals surface area contributed by atoms with Gasteiger partial charge in [-0.25, -0.2) is 4.79 Å². The molecule has 0 aromatic heterocycles. The molecule has 2 fully saturated rings. The summed E-state index contributed by atoms with van der Waals surface area (Å²) in [6.07, 6.45) is 3.61. The molecule has 1 aromatic carbocycles. The monoisotopic (exact) mass is 386 g/mol. The van der Waals surface area contributed by atoms with Gasteiger partial charge in [0, 0.05) is 19.0 Å². The first-order chi connectivity index (χ1) is 13.4. The topological polar surface area (TPSA) is 75.7 Å². The number of hydrogen-bond acceptors (Lipinski definition) is 4. The summed E-state index contributed by atoms with van der Waals surface area (Å²) in [5, 5.41) is 3.05. The Morgan fingerprint density at radius 1 is 1.18 bits per heavy atom. The Labute approximate surface area is 166 Å². The second kappa shape index (κ2) is 8.76. The molecule has 2 aliphatic rings. The summed E-state index contributed by atoms with van der Waals surface area (Å²) < 4.78 is 5.45. The molecule has 0 spiro atoms. The minimum absolute atomic E-state index is 0.00597. The minimum atomic E-state index is -0.890. The zero-order valence-corrected chi connectivity index (χ0v) is 16.9. The van der Waals surface area contributed by atoms with Crippen molar-refractivity contribution in [2.24, 2.45) is 11.8 Å². The number of para-hydroxylation sites is 1. The highest BCUT2D eigenvalue weighted by Gasteiger charge is 2.31. The summed E-state index contributed by atoms with van der Waals surface area (Å²) in [7, 11) is 0. The lowest BCUT2D eigenvalue weighted by molar-refractivity contribution is -0.130. The Kier molecular flexibility index (Phi) is 6.37. The van der Waals surface area contributed by atoms with Gasteiger partial charge in [-0.3, -0.25) is 9.59 Å². The number of anilines is 1. The zero-order chi connectivity index (χ0) is 20.3. The largest absolute Gasteiger partial charge is 0.449 e. The maximum Gasteiger partial charge on any atom is 0.341 e. The van der Waals surface area contributed by atoms with E-state index in [0.29, 0.717) is 36.1 Å². The van der Waals surface area contributed by atoms with Crippen molar-refractivity contribution in [1.82, 2.24) is 5.32 Å². The lowest BCUT2D eigenvalue weighted by Gasteiger charge is -2.35. The fourth-order valence-electron chi connectivity index (χ4n) is 4.15. The molecule has 0 radical (unpaired) electrons. The predicted molar refractivity (Wildman–Crippen MR) is 107 cm³/mol. The number of carbonyl (C=O) groups excluding carboxylic acids is 3. The Hall–Kier alpha value is -2.37. The number of amides is 2. The van der Waals surface area contributed by atoms with Gasteiger partial charge in [0.05, 0.1) is 11.3 Å². The van der Waals surface area contributed by atoms with E-state index in [1.165, 1.54) is 6.42 Å². The maximum absolute atomic E-state index is 12.7. The fourth-order valence-corrected chi connectivity index (χ4v) is 4.15. The molecule has 2 amide bonds. The Bertz CT molecular complexity index is 748. The van der Waals surface area contributed by atoms with Crippen molar-refractivity contribution in [2.45, 2.75) is 65.0 Å². The van der Waals surface area contributed by atoms with Gasteiger partial charge in [-0.05, 0) is 43.7 Å². The number of nitrogens with one attached hydrogen (secondary N) is 1. The van der Waals surface area contributed by atoms with Gasteiger partial charge in [0.25, 0.3) is 5.91 Å². The second-order valence-corrected chi connectivity index (χ2v) is 8.10. The Balaban J connectivity index is 1.64. The molecule has 152 valence electrons. The molecule has 6 heteroatoms. The van der Waals surface area contributed by atoms with Crippen molar-refractivity contribution in [2.75, 3.05) is 11.4 Å². The van der Waals surface area contributed by atoms with Crippen molar-refractivity contribution >= 4 is 23.5 Å². The highest BCUT2D eigenvalue weighted by atomic mass is 16.5. The number of esters is 1. The van der Waals surface area contributed by atoms with Gasteiger partial charge in [0.2, 0.25) is 5.91 Å². The van der Waals surface area contributed by atoms with Crippen molar-refractivity contribution in [1.29, 1.82) is 0 Å². The van der Waals surface area contributed by atoms with Crippen LogP contribution < -0.4 is 10.2 Å². The summed E-state index contributed by atoms with van der Waals surface area (Å²) in [6, 6.07) is 7.02. The van der Waals surface area contributed by atoms with Crippen LogP contribution in [-0.4, -0.2) is 36.5 Å². The van der Waals surface area contributed by atoms with Crippen LogP contribution in [0, 0.1) is 11.8 Å². The highest BCUT2D eigenvalue weighted by Crippen LogP contribution is 2.30. The van der Waals surface area contributed by atoms with Crippen molar-refractivity contribution < 1.29 is 19.1 Å². The number of carbonyl (C=O) groups is 3. The summed E-state index contributed by atoms with van der Waals surface area (Å²) in [5.41, 5.74) is 0.870. The maximum atomic E-state index is 12.7. The highest BCUT2D eigenvalue weighted by molar-refractivity contribution is 6.04. The number of benzene rings is 1. The molecule has 1 aliphatic heterocycles. The van der Waals surface area contributed by atoms with Crippen molar-refractivity contribution in [3.63, 3.8) is 0 Å². The molecule has 0 unspecified atom stereocenters. The normalized spacial score (nSPS) is 26.0. The average Bonchev–Trinajstić information content (AvgIpc) is 3.11. The molecule has 3 rings (SSSR count). The standard InChI is InChI=1S/C22H30N2O4/c1-14-8-6-10-18(15(14)2)23-21(26)16(3)28-22(27)17-9-4-5-11-19(17)24-13-7-12-20(24)25/h4-5,9,11,14-16,18H,6-8,10,12-13H2,1-3H3,(H,23,26)/t14-,15+,16+,18+/m0/s1. The molecule has 28 heavy (non-hydrogen) atoms. The SMILES string of the molecule is C[C@@H]1[C@@H](C)CCC[C@H]1NC(=O)[C@@H](C)OC(=O)c1ccccc1N1CCCC1=O. The first-order valence-corrected chi connectivity index (χ1v) is 10.3. The van der Waals surface area contributed by atoms with Crippen molar-refractivity contribution in [3.05, 3.63) is 29.8 Å². The summed E-state index contributed by atoms with van der Waals surface area (Å²) in [5.74, 6) is 0.132. The van der Waals surface area contributed by atoms with Gasteiger partial charge in [-0.2, -0.15) is 0 Å². The van der Waals surface area contributed by atoms with Crippen LogP contribution in [-0.2, 0) is 14.3 Å². The van der Waals surface area contributed by atoms with Gasteiger partial charge in [0.1, 0.15) is 0 Å². The van der Waals surface area contributed by atoms with Crippen LogP contribution in [0.15, 0.2) is 24.3 Å². The minimum Gasteiger partial charge on any atom is -0.449 e. The molecule has 1 aromatic rings. The van der Waals surface area contributed by atoms with Gasteiger partial charge >= 0.3 is 5.97 Å². The van der Waals surface area contributed by atoms with Crippen LogP contribution in [0.4, 0.5) is 5.69 Å². The quantitative estimate of drug-likeness (QED) is 0.788. The summed E-state index contributed by atoms with van der Waals surface area (Å²) in [6.45, 7) is 6.56. The van der Waals surface area contributed by atoms with Gasteiger partial charge in [-0.1, -0.05) is 38.8 Å². The van der Waals surface area contributed by atoms with E-state index >= 15 is 0 Å². The van der Waals surface area contributed by atoms with Crippen molar-refractivity contribution in [3.8, 4) is 0 Å². The molecular formula is C22H30N2O4. The molecule has 1 saturated heterocycles. The molecule has 1 saturated carbocycles. The lowest BCUT2D eigenvalue weighted by Crippen LogP contribution is -2.47. The van der Waals surface area contributed by atoms with E-state index in [1.54, 1.807) is 36.1 Å². The van der Waals surface area contributed by atoms with E-state index in [2.05, 4.69) is 19.2 Å². The lowest BCUT2D eigenvalue weighted by atomic mass is 9.78. The van der Waals surface area contributed by atoms with E-state index in [-0.39, 0.29) is 17.9 Å². The molecule has 6 nitrogen and oxygen atoms in total. The Morgan fingerprint density at radius 3 is 2.64 bits per heavy atom. The smallest absolute Gasteiger partial charge is 0.341 e. The van der Waals surface area contributed by atoms with E-state index in [0.717, 1.165) is 19.3 Å². The number of hydrogen-bond donors (Lipinski definition) is 1. The first-order valence-electron chi connectivity index (χ1n) is 10.3. The third kappa shape index (κ3) is 4.37. The van der Waals surface area contributed by atoms with E-state index in [9.17, 15) is 14.4 Å². The third-order valence-electron chi connectivity index (χ3n) is 6.18. The van der Waals surface area contributed by atoms with Crippen LogP contribution in [0.3, 0.4) is 0 Å². The first kappa shape index (κ1) is 20.4. The molecule has 4 atom stereocenters. The van der Waals surface area contributed by atoms with Gasteiger partial charge in [0.15, 0.2) is 6.10 Å². The number of rotatable bonds is 5. The van der Waals surface area contributed by atoms with Gasteiger partial charge < -0.3 is 15.0 Å². The summed E-state index contributed by atoms with van der Waals surface area (Å²) in [4.78, 5) is 39.0. The van der Waals surface area contributed by atoms with E-state index in [1.807, 2.05) is 0 Å². The third-order valence-corrected chi connectivity index (χ3v) is 6.18. The number of ether oxygens (including phenoxy) is 1. The Morgan fingerprint density at radius 2 is 1.93 bits per heavy atom. The average molecular weight is 386 g/mol. The van der Waals surface area contributed by atoms with E-state index in [4.69, 9.17) is 4.74 Å². The van der Waals surface area contributed by atoms with Gasteiger partial charge in [-0.15, -0.1) is 0 Å². The van der Waals surface area contributed by atoms with Crippen LogP contribution >= 0.6 is 0 Å². The predicted octanol–water partition coefficient (Wildman–Crippen LogP) is 3.30.